The summed E-state index contributed by atoms with van der Waals surface area (Å²) in [4.78, 5) is 0. The van der Waals surface area contributed by atoms with Crippen molar-refractivity contribution in [1.29, 1.82) is 0 Å². The molecule has 0 saturated carbocycles. The SMILES string of the molecule is CCCCC(CC)CP(=O)(OCCCCCCCC(C)C)OCCCCCCCC(C)C. The number of unbranched alkanes of at least 4 members (excludes halogenated alkanes) is 9. The smallest absolute Gasteiger partial charge is 0.309 e. The topological polar surface area (TPSA) is 35.5 Å². The van der Waals surface area contributed by atoms with Gasteiger partial charge in [-0.3, -0.25) is 4.57 Å². The zero-order valence-electron chi connectivity index (χ0n) is 22.8. The van der Waals surface area contributed by atoms with Crippen molar-refractivity contribution in [1.82, 2.24) is 0 Å². The molecule has 0 N–H and O–H groups in total. The van der Waals surface area contributed by atoms with Gasteiger partial charge in [0.25, 0.3) is 0 Å². The lowest BCUT2D eigenvalue weighted by Gasteiger charge is -2.23. The summed E-state index contributed by atoms with van der Waals surface area (Å²) in [5, 5.41) is 0. The van der Waals surface area contributed by atoms with E-state index in [-0.39, 0.29) is 0 Å². The monoisotopic (exact) mass is 474 g/mol. The van der Waals surface area contributed by atoms with E-state index in [9.17, 15) is 4.57 Å². The molecule has 194 valence electrons. The molecule has 4 heteroatoms. The van der Waals surface area contributed by atoms with Crippen molar-refractivity contribution < 1.29 is 13.6 Å². The van der Waals surface area contributed by atoms with Gasteiger partial charge in [0.1, 0.15) is 0 Å². The van der Waals surface area contributed by atoms with Crippen LogP contribution < -0.4 is 0 Å². The summed E-state index contributed by atoms with van der Waals surface area (Å²) in [7, 11) is -2.98. The molecule has 0 aliphatic heterocycles. The molecule has 0 spiro atoms. The Balaban J connectivity index is 4.29. The van der Waals surface area contributed by atoms with Crippen molar-refractivity contribution in [2.24, 2.45) is 17.8 Å². The minimum absolute atomic E-state index is 0.452. The third-order valence-electron chi connectivity index (χ3n) is 6.45. The predicted molar refractivity (Wildman–Crippen MR) is 143 cm³/mol. The molecule has 0 bridgehead atoms. The summed E-state index contributed by atoms with van der Waals surface area (Å²) in [5.74, 6) is 2.06. The molecule has 0 aromatic rings. The van der Waals surface area contributed by atoms with Crippen molar-refractivity contribution in [2.45, 2.75) is 144 Å². The minimum Gasteiger partial charge on any atom is -0.309 e. The Labute approximate surface area is 202 Å². The Hall–Kier alpha value is 0.150. The highest BCUT2D eigenvalue weighted by molar-refractivity contribution is 7.53. The summed E-state index contributed by atoms with van der Waals surface area (Å²) in [6.07, 6.45) is 19.9. The summed E-state index contributed by atoms with van der Waals surface area (Å²) in [6.45, 7) is 14.8. The maximum absolute atomic E-state index is 13.5. The largest absolute Gasteiger partial charge is 0.330 e. The maximum atomic E-state index is 13.5. The highest BCUT2D eigenvalue weighted by atomic mass is 31.2. The van der Waals surface area contributed by atoms with Crippen LogP contribution in [0.3, 0.4) is 0 Å². The molecular weight excluding hydrogens is 415 g/mol. The fourth-order valence-corrected chi connectivity index (χ4v) is 6.33. The Bertz CT molecular complexity index is 408. The fraction of sp³-hybridized carbons (Fsp3) is 1.00. The molecule has 1 atom stereocenters. The second kappa shape index (κ2) is 21.7. The van der Waals surface area contributed by atoms with Crippen LogP contribution in [-0.2, 0) is 13.6 Å². The molecule has 0 aliphatic rings. The van der Waals surface area contributed by atoms with Crippen LogP contribution in [0.15, 0.2) is 0 Å². The molecule has 0 fully saturated rings. The van der Waals surface area contributed by atoms with Crippen LogP contribution in [0.2, 0.25) is 0 Å². The van der Waals surface area contributed by atoms with Gasteiger partial charge in [-0.1, -0.05) is 125 Å². The first-order chi connectivity index (χ1) is 15.3. The molecule has 1 unspecified atom stereocenters. The van der Waals surface area contributed by atoms with Gasteiger partial charge < -0.3 is 9.05 Å². The Morgan fingerprint density at radius 3 is 1.44 bits per heavy atom. The number of rotatable bonds is 24. The van der Waals surface area contributed by atoms with E-state index in [4.69, 9.17) is 9.05 Å². The van der Waals surface area contributed by atoms with Crippen LogP contribution in [-0.4, -0.2) is 19.4 Å². The highest BCUT2D eigenvalue weighted by Gasteiger charge is 2.28. The summed E-state index contributed by atoms with van der Waals surface area (Å²) in [6, 6.07) is 0. The summed E-state index contributed by atoms with van der Waals surface area (Å²) in [5.41, 5.74) is 0. The van der Waals surface area contributed by atoms with Crippen molar-refractivity contribution in [3.05, 3.63) is 0 Å². The van der Waals surface area contributed by atoms with Gasteiger partial charge in [-0.05, 0) is 37.0 Å². The third kappa shape index (κ3) is 20.7. The molecule has 32 heavy (non-hydrogen) atoms. The average molecular weight is 475 g/mol. The van der Waals surface area contributed by atoms with Gasteiger partial charge in [0.15, 0.2) is 0 Å². The maximum Gasteiger partial charge on any atom is 0.330 e. The van der Waals surface area contributed by atoms with Gasteiger partial charge >= 0.3 is 7.60 Å². The van der Waals surface area contributed by atoms with E-state index in [0.717, 1.165) is 37.5 Å². The van der Waals surface area contributed by atoms with Crippen molar-refractivity contribution in [2.75, 3.05) is 19.4 Å². The quantitative estimate of drug-likeness (QED) is 0.103. The first-order valence-corrected chi connectivity index (χ1v) is 15.9. The van der Waals surface area contributed by atoms with E-state index in [1.54, 1.807) is 0 Å². The molecule has 0 saturated heterocycles. The highest BCUT2D eigenvalue weighted by Crippen LogP contribution is 2.51. The van der Waals surface area contributed by atoms with Crippen molar-refractivity contribution >= 4 is 7.60 Å². The van der Waals surface area contributed by atoms with E-state index in [0.29, 0.717) is 25.3 Å². The van der Waals surface area contributed by atoms with Crippen molar-refractivity contribution in [3.8, 4) is 0 Å². The van der Waals surface area contributed by atoms with E-state index in [1.165, 1.54) is 77.0 Å². The zero-order chi connectivity index (χ0) is 24.1. The molecule has 0 radical (unpaired) electrons. The van der Waals surface area contributed by atoms with Gasteiger partial charge in [0.05, 0.1) is 19.4 Å². The van der Waals surface area contributed by atoms with E-state index in [2.05, 4.69) is 41.5 Å². The van der Waals surface area contributed by atoms with E-state index >= 15 is 0 Å². The Morgan fingerprint density at radius 1 is 0.594 bits per heavy atom. The van der Waals surface area contributed by atoms with Crippen LogP contribution in [0, 0.1) is 17.8 Å². The normalized spacial score (nSPS) is 13.4. The minimum atomic E-state index is -2.98. The first kappa shape index (κ1) is 32.1. The molecule has 0 rings (SSSR count). The molecule has 0 aromatic carbocycles. The lowest BCUT2D eigenvalue weighted by atomic mass is 10.0. The Morgan fingerprint density at radius 2 is 1.03 bits per heavy atom. The standard InChI is InChI=1S/C28H59O3P/c1-7-9-22-28(8-2)25-32(29,30-23-18-14-10-12-16-20-26(3)4)31-24-19-15-11-13-17-21-27(5)6/h26-28H,7-25H2,1-6H3. The van der Waals surface area contributed by atoms with Crippen LogP contribution in [0.1, 0.15) is 144 Å². The number of hydrogen-bond acceptors (Lipinski definition) is 3. The van der Waals surface area contributed by atoms with Gasteiger partial charge in [0, 0.05) is 0 Å². The summed E-state index contributed by atoms with van der Waals surface area (Å²) < 4.78 is 25.5. The Kier molecular flexibility index (Phi) is 21.8. The molecule has 0 heterocycles. The molecule has 0 aromatic heterocycles. The predicted octanol–water partition coefficient (Wildman–Crippen LogP) is 10.4. The molecule has 0 aliphatic carbocycles. The van der Waals surface area contributed by atoms with Gasteiger partial charge in [-0.25, -0.2) is 0 Å². The van der Waals surface area contributed by atoms with E-state index < -0.39 is 7.60 Å². The summed E-state index contributed by atoms with van der Waals surface area (Å²) >= 11 is 0. The molecule has 0 amide bonds. The van der Waals surface area contributed by atoms with Gasteiger partial charge in [0.2, 0.25) is 0 Å². The first-order valence-electron chi connectivity index (χ1n) is 14.2. The number of hydrogen-bond donors (Lipinski definition) is 0. The molecular formula is C28H59O3P. The van der Waals surface area contributed by atoms with Crippen molar-refractivity contribution in [3.63, 3.8) is 0 Å². The van der Waals surface area contributed by atoms with Crippen LogP contribution in [0.5, 0.6) is 0 Å². The van der Waals surface area contributed by atoms with Gasteiger partial charge in [-0.15, -0.1) is 0 Å². The lowest BCUT2D eigenvalue weighted by Crippen LogP contribution is -2.11. The van der Waals surface area contributed by atoms with Gasteiger partial charge in [-0.2, -0.15) is 0 Å². The fourth-order valence-electron chi connectivity index (χ4n) is 4.15. The lowest BCUT2D eigenvalue weighted by molar-refractivity contribution is 0.193. The van der Waals surface area contributed by atoms with Crippen LogP contribution in [0.25, 0.3) is 0 Å². The molecule has 3 nitrogen and oxygen atoms in total. The van der Waals surface area contributed by atoms with Crippen LogP contribution >= 0.6 is 7.60 Å². The van der Waals surface area contributed by atoms with E-state index in [1.807, 2.05) is 0 Å². The third-order valence-corrected chi connectivity index (χ3v) is 8.57. The van der Waals surface area contributed by atoms with Crippen LogP contribution in [0.4, 0.5) is 0 Å². The second-order valence-corrected chi connectivity index (χ2v) is 12.9. The second-order valence-electron chi connectivity index (χ2n) is 10.8. The average Bonchev–Trinajstić information content (AvgIpc) is 2.74. The zero-order valence-corrected chi connectivity index (χ0v) is 23.7.